The van der Waals surface area contributed by atoms with Crippen molar-refractivity contribution in [3.05, 3.63) is 42.2 Å². The third-order valence-corrected chi connectivity index (χ3v) is 3.99. The van der Waals surface area contributed by atoms with Crippen LogP contribution in [0.25, 0.3) is 5.65 Å². The van der Waals surface area contributed by atoms with Crippen LogP contribution in [0.1, 0.15) is 16.2 Å². The van der Waals surface area contributed by atoms with Crippen LogP contribution in [-0.4, -0.2) is 55.3 Å². The number of hydrogen-bond donors (Lipinski definition) is 1. The number of hydrogen-bond acceptors (Lipinski definition) is 7. The van der Waals surface area contributed by atoms with Crippen molar-refractivity contribution in [2.45, 2.75) is 6.92 Å². The molecule has 1 fully saturated rings. The maximum absolute atomic E-state index is 12.0. The largest absolute Gasteiger partial charge is 0.354 e. The summed E-state index contributed by atoms with van der Waals surface area (Å²) in [6.45, 7) is 4.14. The fourth-order valence-corrected chi connectivity index (χ4v) is 2.61. The van der Waals surface area contributed by atoms with Crippen LogP contribution in [0.5, 0.6) is 0 Å². The third-order valence-electron chi connectivity index (χ3n) is 3.99. The molecule has 1 amide bonds. The van der Waals surface area contributed by atoms with Crippen molar-refractivity contribution in [1.29, 1.82) is 0 Å². The minimum absolute atomic E-state index is 0.190. The maximum atomic E-state index is 12.0. The molecule has 0 radical (unpaired) electrons. The highest BCUT2D eigenvalue weighted by Crippen LogP contribution is 2.22. The van der Waals surface area contributed by atoms with E-state index in [0.29, 0.717) is 18.2 Å². The van der Waals surface area contributed by atoms with Gasteiger partial charge in [-0.25, -0.2) is 4.98 Å². The number of nitrogens with one attached hydrogen (secondary N) is 1. The Bertz CT molecular complexity index is 869. The lowest BCUT2D eigenvalue weighted by atomic mass is 10.0. The number of carbonyl (C=O) groups is 1. The molecule has 4 rings (SSSR count). The van der Waals surface area contributed by atoms with Crippen LogP contribution in [0.3, 0.4) is 0 Å². The van der Waals surface area contributed by atoms with Crippen LogP contribution in [0.2, 0.25) is 0 Å². The highest BCUT2D eigenvalue weighted by molar-refractivity contribution is 5.91. The van der Waals surface area contributed by atoms with Gasteiger partial charge < -0.3 is 10.2 Å². The van der Waals surface area contributed by atoms with E-state index in [-0.39, 0.29) is 5.91 Å². The quantitative estimate of drug-likeness (QED) is 0.725. The van der Waals surface area contributed by atoms with E-state index in [4.69, 9.17) is 0 Å². The maximum Gasteiger partial charge on any atom is 0.271 e. The van der Waals surface area contributed by atoms with Crippen molar-refractivity contribution in [2.24, 2.45) is 5.92 Å². The second-order valence-corrected chi connectivity index (χ2v) is 5.85. The number of nitrogens with zero attached hydrogens (tertiary/aromatic N) is 7. The molecule has 4 heterocycles. The molecule has 0 unspecified atom stereocenters. The molecule has 1 aliphatic heterocycles. The van der Waals surface area contributed by atoms with E-state index in [1.807, 2.05) is 19.1 Å². The van der Waals surface area contributed by atoms with Crippen LogP contribution >= 0.6 is 0 Å². The van der Waals surface area contributed by atoms with Gasteiger partial charge in [-0.05, 0) is 19.1 Å². The molecule has 3 aromatic heterocycles. The Hall–Kier alpha value is -3.10. The van der Waals surface area contributed by atoms with Crippen LogP contribution in [0.15, 0.2) is 30.9 Å². The Morgan fingerprint density at radius 3 is 2.96 bits per heavy atom. The first-order valence-corrected chi connectivity index (χ1v) is 7.68. The van der Waals surface area contributed by atoms with Gasteiger partial charge in [0.25, 0.3) is 5.91 Å². The SMILES string of the molecule is Cc1cnc(C(=O)NCC2CN(c3ccc4nncn4n3)C2)cn1. The lowest BCUT2D eigenvalue weighted by Gasteiger charge is -2.40. The topological polar surface area (TPSA) is 101 Å². The smallest absolute Gasteiger partial charge is 0.271 e. The Labute approximate surface area is 137 Å². The molecule has 0 saturated carbocycles. The molecule has 0 aliphatic carbocycles. The minimum atomic E-state index is -0.190. The molecule has 0 spiro atoms. The van der Waals surface area contributed by atoms with Crippen molar-refractivity contribution in [3.63, 3.8) is 0 Å². The van der Waals surface area contributed by atoms with Gasteiger partial charge in [-0.3, -0.25) is 9.78 Å². The average molecular weight is 324 g/mol. The molecule has 24 heavy (non-hydrogen) atoms. The molecular weight excluding hydrogens is 308 g/mol. The van der Waals surface area contributed by atoms with Crippen molar-refractivity contribution >= 4 is 17.4 Å². The standard InChI is InChI=1S/C15H16N8O/c1-10-4-17-12(6-16-10)15(24)18-5-11-7-22(8-11)14-3-2-13-20-19-9-23(13)21-14/h2-4,6,9,11H,5,7-8H2,1H3,(H,18,24). The number of carbonyl (C=O) groups excluding carboxylic acids is 1. The van der Waals surface area contributed by atoms with Crippen molar-refractivity contribution < 1.29 is 4.79 Å². The Balaban J connectivity index is 1.29. The second kappa shape index (κ2) is 5.84. The van der Waals surface area contributed by atoms with Gasteiger partial charge in [0.2, 0.25) is 0 Å². The van der Waals surface area contributed by atoms with Crippen LogP contribution in [0.4, 0.5) is 5.82 Å². The predicted octanol–water partition coefficient (Wildman–Crippen LogP) is 0.0889. The lowest BCUT2D eigenvalue weighted by Crippen LogP contribution is -2.52. The molecule has 0 bridgehead atoms. The molecule has 0 aromatic carbocycles. The van der Waals surface area contributed by atoms with E-state index in [9.17, 15) is 4.79 Å². The Morgan fingerprint density at radius 1 is 1.29 bits per heavy atom. The van der Waals surface area contributed by atoms with Crippen LogP contribution in [-0.2, 0) is 0 Å². The van der Waals surface area contributed by atoms with Gasteiger partial charge in [0.15, 0.2) is 5.65 Å². The predicted molar refractivity (Wildman–Crippen MR) is 85.6 cm³/mol. The van der Waals surface area contributed by atoms with Crippen molar-refractivity contribution in [2.75, 3.05) is 24.5 Å². The monoisotopic (exact) mass is 324 g/mol. The number of anilines is 1. The number of aromatic nitrogens is 6. The fraction of sp³-hybridized carbons (Fsp3) is 0.333. The molecule has 9 heteroatoms. The molecule has 1 N–H and O–H groups in total. The molecule has 1 aliphatic rings. The highest BCUT2D eigenvalue weighted by atomic mass is 16.1. The van der Waals surface area contributed by atoms with E-state index in [1.54, 1.807) is 17.0 Å². The van der Waals surface area contributed by atoms with Gasteiger partial charge in [0.05, 0.1) is 11.9 Å². The number of fused-ring (bicyclic) bond motifs is 1. The number of amides is 1. The summed E-state index contributed by atoms with van der Waals surface area (Å²) in [7, 11) is 0. The summed E-state index contributed by atoms with van der Waals surface area (Å²) in [4.78, 5) is 22.3. The van der Waals surface area contributed by atoms with E-state index < -0.39 is 0 Å². The second-order valence-electron chi connectivity index (χ2n) is 5.85. The Kier molecular flexibility index (Phi) is 3.52. The van der Waals surface area contributed by atoms with Crippen LogP contribution < -0.4 is 10.2 Å². The first-order valence-electron chi connectivity index (χ1n) is 7.68. The van der Waals surface area contributed by atoms with Crippen LogP contribution in [0, 0.1) is 12.8 Å². The van der Waals surface area contributed by atoms with Gasteiger partial charge in [-0.1, -0.05) is 0 Å². The van der Waals surface area contributed by atoms with Crippen molar-refractivity contribution in [3.8, 4) is 0 Å². The van der Waals surface area contributed by atoms with Gasteiger partial charge >= 0.3 is 0 Å². The molecule has 122 valence electrons. The minimum Gasteiger partial charge on any atom is -0.354 e. The van der Waals surface area contributed by atoms with E-state index in [2.05, 4.69) is 35.5 Å². The molecule has 3 aromatic rings. The Morgan fingerprint density at radius 2 is 2.17 bits per heavy atom. The highest BCUT2D eigenvalue weighted by Gasteiger charge is 2.28. The summed E-state index contributed by atoms with van der Waals surface area (Å²) in [6.07, 6.45) is 4.67. The zero-order valence-electron chi connectivity index (χ0n) is 13.1. The number of aryl methyl sites for hydroxylation is 1. The van der Waals surface area contributed by atoms with Crippen molar-refractivity contribution in [1.82, 2.24) is 35.1 Å². The first kappa shape index (κ1) is 14.5. The first-order chi connectivity index (χ1) is 11.7. The summed E-state index contributed by atoms with van der Waals surface area (Å²) in [5.74, 6) is 1.09. The summed E-state index contributed by atoms with van der Waals surface area (Å²) in [6, 6.07) is 3.82. The molecular formula is C15H16N8O. The molecule has 1 saturated heterocycles. The zero-order chi connectivity index (χ0) is 16.5. The summed E-state index contributed by atoms with van der Waals surface area (Å²) >= 11 is 0. The molecule has 0 atom stereocenters. The van der Waals surface area contributed by atoms with E-state index in [0.717, 1.165) is 30.2 Å². The van der Waals surface area contributed by atoms with E-state index >= 15 is 0 Å². The van der Waals surface area contributed by atoms with Gasteiger partial charge in [0, 0.05) is 31.7 Å². The summed E-state index contributed by atoms with van der Waals surface area (Å²) in [5, 5.41) is 15.1. The van der Waals surface area contributed by atoms with E-state index in [1.165, 1.54) is 6.20 Å². The number of rotatable bonds is 4. The zero-order valence-corrected chi connectivity index (χ0v) is 13.1. The summed E-state index contributed by atoms with van der Waals surface area (Å²) < 4.78 is 1.65. The normalized spacial score (nSPS) is 14.6. The lowest BCUT2D eigenvalue weighted by molar-refractivity contribution is 0.0939. The fourth-order valence-electron chi connectivity index (χ4n) is 2.61. The van der Waals surface area contributed by atoms with Gasteiger partial charge in [-0.15, -0.1) is 15.3 Å². The average Bonchev–Trinajstić information content (AvgIpc) is 3.01. The summed E-state index contributed by atoms with van der Waals surface area (Å²) in [5.41, 5.74) is 1.86. The third kappa shape index (κ3) is 2.75. The molecule has 9 nitrogen and oxygen atoms in total. The van der Waals surface area contributed by atoms with Gasteiger partial charge in [0.1, 0.15) is 17.8 Å². The van der Waals surface area contributed by atoms with Gasteiger partial charge in [-0.2, -0.15) is 4.52 Å².